The van der Waals surface area contributed by atoms with Gasteiger partial charge in [0.25, 0.3) is 0 Å². The minimum Gasteiger partial charge on any atom is -0.481 e. The summed E-state index contributed by atoms with van der Waals surface area (Å²) in [6.45, 7) is 3.49. The smallest absolute Gasteiger partial charge is 0.316 e. The fourth-order valence-corrected chi connectivity index (χ4v) is 1.75. The molecule has 1 fully saturated rings. The van der Waals surface area contributed by atoms with Crippen LogP contribution in [0, 0.1) is 5.41 Å². The van der Waals surface area contributed by atoms with Crippen molar-refractivity contribution in [2.75, 3.05) is 0 Å². The molecule has 0 aliphatic heterocycles. The minimum absolute atomic E-state index is 0.507. The van der Waals surface area contributed by atoms with E-state index in [0.29, 0.717) is 12.8 Å². The molecule has 0 radical (unpaired) electrons. The molecule has 3 nitrogen and oxygen atoms in total. The first-order valence-electron chi connectivity index (χ1n) is 4.18. The third kappa shape index (κ3) is 1.25. The summed E-state index contributed by atoms with van der Waals surface area (Å²) in [4.78, 5) is 10.9. The minimum atomic E-state index is -1.09. The van der Waals surface area contributed by atoms with E-state index in [2.05, 4.69) is 6.58 Å². The van der Waals surface area contributed by atoms with Gasteiger partial charge in [-0.15, -0.1) is 6.58 Å². The quantitative estimate of drug-likeness (QED) is 0.612. The standard InChI is InChI=1S/C9H14O3/c1-2-9(8(11)12)6-4-3-5-7(9)10/h2,7,10H,1,3-6H2,(H,11,12). The molecule has 2 N–H and O–H groups in total. The molecule has 1 aliphatic rings. The highest BCUT2D eigenvalue weighted by Gasteiger charge is 2.43. The Morgan fingerprint density at radius 3 is 2.58 bits per heavy atom. The Morgan fingerprint density at radius 1 is 1.58 bits per heavy atom. The Hall–Kier alpha value is -0.830. The van der Waals surface area contributed by atoms with E-state index >= 15 is 0 Å². The molecule has 1 saturated carbocycles. The van der Waals surface area contributed by atoms with Crippen LogP contribution < -0.4 is 0 Å². The molecule has 0 amide bonds. The maximum atomic E-state index is 10.9. The number of carbonyl (C=O) groups is 1. The molecule has 0 aromatic rings. The molecule has 0 bridgehead atoms. The molecule has 0 saturated heterocycles. The summed E-state index contributed by atoms with van der Waals surface area (Å²) in [7, 11) is 0. The largest absolute Gasteiger partial charge is 0.481 e. The maximum Gasteiger partial charge on any atom is 0.316 e. The van der Waals surface area contributed by atoms with Gasteiger partial charge >= 0.3 is 5.97 Å². The van der Waals surface area contributed by atoms with Crippen molar-refractivity contribution in [2.45, 2.75) is 31.8 Å². The Labute approximate surface area is 71.7 Å². The van der Waals surface area contributed by atoms with E-state index in [1.54, 1.807) is 0 Å². The van der Waals surface area contributed by atoms with Crippen molar-refractivity contribution in [2.24, 2.45) is 5.41 Å². The van der Waals surface area contributed by atoms with Gasteiger partial charge in [-0.05, 0) is 12.8 Å². The molecular formula is C9H14O3. The summed E-state index contributed by atoms with van der Waals surface area (Å²) in [5, 5.41) is 18.5. The van der Waals surface area contributed by atoms with Crippen molar-refractivity contribution >= 4 is 5.97 Å². The number of hydrogen-bond donors (Lipinski definition) is 2. The number of aliphatic hydroxyl groups excluding tert-OH is 1. The van der Waals surface area contributed by atoms with Crippen LogP contribution in [0.1, 0.15) is 25.7 Å². The lowest BCUT2D eigenvalue weighted by Crippen LogP contribution is -2.43. The average Bonchev–Trinajstić information content (AvgIpc) is 2.05. The van der Waals surface area contributed by atoms with Gasteiger partial charge in [0.1, 0.15) is 5.41 Å². The SMILES string of the molecule is C=CC1(C(=O)O)CCCCC1O. The number of aliphatic hydroxyl groups is 1. The van der Waals surface area contributed by atoms with Gasteiger partial charge in [-0.1, -0.05) is 18.9 Å². The second-order valence-corrected chi connectivity index (χ2v) is 3.31. The molecule has 3 heteroatoms. The fraction of sp³-hybridized carbons (Fsp3) is 0.667. The van der Waals surface area contributed by atoms with E-state index in [1.807, 2.05) is 0 Å². The van der Waals surface area contributed by atoms with Crippen molar-refractivity contribution in [1.82, 2.24) is 0 Å². The molecule has 2 atom stereocenters. The van der Waals surface area contributed by atoms with E-state index < -0.39 is 17.5 Å². The number of aliphatic carboxylic acids is 1. The first kappa shape index (κ1) is 9.26. The highest BCUT2D eigenvalue weighted by Crippen LogP contribution is 2.37. The molecule has 68 valence electrons. The van der Waals surface area contributed by atoms with Crippen LogP contribution in [0.15, 0.2) is 12.7 Å². The van der Waals surface area contributed by atoms with E-state index in [0.717, 1.165) is 12.8 Å². The molecule has 12 heavy (non-hydrogen) atoms. The van der Waals surface area contributed by atoms with Gasteiger partial charge in [0.15, 0.2) is 0 Å². The van der Waals surface area contributed by atoms with Crippen LogP contribution >= 0.6 is 0 Å². The predicted octanol–water partition coefficient (Wildman–Crippen LogP) is 1.18. The topological polar surface area (TPSA) is 57.5 Å². The Balaban J connectivity index is 2.88. The average molecular weight is 170 g/mol. The second kappa shape index (κ2) is 3.27. The van der Waals surface area contributed by atoms with Crippen LogP contribution in [0.3, 0.4) is 0 Å². The van der Waals surface area contributed by atoms with Crippen LogP contribution in [0.25, 0.3) is 0 Å². The van der Waals surface area contributed by atoms with Crippen molar-refractivity contribution < 1.29 is 15.0 Å². The fourth-order valence-electron chi connectivity index (χ4n) is 1.75. The van der Waals surface area contributed by atoms with Gasteiger partial charge < -0.3 is 10.2 Å². The van der Waals surface area contributed by atoms with E-state index in [9.17, 15) is 9.90 Å². The van der Waals surface area contributed by atoms with Crippen molar-refractivity contribution in [3.05, 3.63) is 12.7 Å². The van der Waals surface area contributed by atoms with Gasteiger partial charge in [0.05, 0.1) is 6.10 Å². The third-order valence-electron chi connectivity index (χ3n) is 2.68. The van der Waals surface area contributed by atoms with E-state index in [1.165, 1.54) is 6.08 Å². The molecular weight excluding hydrogens is 156 g/mol. The van der Waals surface area contributed by atoms with Crippen LogP contribution in [-0.4, -0.2) is 22.3 Å². The van der Waals surface area contributed by atoms with Crippen LogP contribution in [0.4, 0.5) is 0 Å². The number of rotatable bonds is 2. The Morgan fingerprint density at radius 2 is 2.25 bits per heavy atom. The van der Waals surface area contributed by atoms with Crippen LogP contribution in [0.2, 0.25) is 0 Å². The number of hydrogen-bond acceptors (Lipinski definition) is 2. The van der Waals surface area contributed by atoms with Crippen molar-refractivity contribution in [1.29, 1.82) is 0 Å². The lowest BCUT2D eigenvalue weighted by Gasteiger charge is -2.34. The summed E-state index contributed by atoms with van der Waals surface area (Å²) >= 11 is 0. The molecule has 0 heterocycles. The maximum absolute atomic E-state index is 10.9. The van der Waals surface area contributed by atoms with Gasteiger partial charge in [-0.25, -0.2) is 0 Å². The molecule has 1 rings (SSSR count). The van der Waals surface area contributed by atoms with E-state index in [-0.39, 0.29) is 0 Å². The third-order valence-corrected chi connectivity index (χ3v) is 2.68. The normalized spacial score (nSPS) is 35.9. The molecule has 2 unspecified atom stereocenters. The van der Waals surface area contributed by atoms with Gasteiger partial charge in [-0.2, -0.15) is 0 Å². The van der Waals surface area contributed by atoms with Gasteiger partial charge in [-0.3, -0.25) is 4.79 Å². The van der Waals surface area contributed by atoms with Gasteiger partial charge in [0.2, 0.25) is 0 Å². The Bertz CT molecular complexity index is 200. The molecule has 0 aromatic heterocycles. The zero-order valence-corrected chi connectivity index (χ0v) is 6.99. The zero-order chi connectivity index (χ0) is 9.19. The lowest BCUT2D eigenvalue weighted by atomic mass is 9.72. The van der Waals surface area contributed by atoms with Crippen LogP contribution in [-0.2, 0) is 4.79 Å². The predicted molar refractivity (Wildman–Crippen MR) is 44.7 cm³/mol. The van der Waals surface area contributed by atoms with Crippen LogP contribution in [0.5, 0.6) is 0 Å². The second-order valence-electron chi connectivity index (χ2n) is 3.31. The summed E-state index contributed by atoms with van der Waals surface area (Å²) < 4.78 is 0. The molecule has 1 aliphatic carbocycles. The van der Waals surface area contributed by atoms with Crippen molar-refractivity contribution in [3.8, 4) is 0 Å². The summed E-state index contributed by atoms with van der Waals surface area (Å²) in [6.07, 6.45) is 3.45. The Kier molecular flexibility index (Phi) is 2.52. The lowest BCUT2D eigenvalue weighted by molar-refractivity contribution is -0.154. The summed E-state index contributed by atoms with van der Waals surface area (Å²) in [5.74, 6) is -0.954. The monoisotopic (exact) mass is 170 g/mol. The summed E-state index contributed by atoms with van der Waals surface area (Å²) in [6, 6.07) is 0. The first-order chi connectivity index (χ1) is 5.63. The molecule has 0 aromatic carbocycles. The van der Waals surface area contributed by atoms with Crippen molar-refractivity contribution in [3.63, 3.8) is 0 Å². The first-order valence-corrected chi connectivity index (χ1v) is 4.18. The zero-order valence-electron chi connectivity index (χ0n) is 6.99. The highest BCUT2D eigenvalue weighted by molar-refractivity contribution is 5.77. The number of carboxylic acid groups (broad SMARTS) is 1. The molecule has 0 spiro atoms. The highest BCUT2D eigenvalue weighted by atomic mass is 16.4. The van der Waals surface area contributed by atoms with Gasteiger partial charge in [0, 0.05) is 0 Å². The van der Waals surface area contributed by atoms with E-state index in [4.69, 9.17) is 5.11 Å². The summed E-state index contributed by atoms with van der Waals surface area (Å²) in [5.41, 5.74) is -1.09. The number of carboxylic acids is 1.